The molecule has 1 aliphatic rings. The van der Waals surface area contributed by atoms with Crippen LogP contribution in [0.3, 0.4) is 0 Å². The van der Waals surface area contributed by atoms with Gasteiger partial charge in [0.15, 0.2) is 0 Å². The number of benzene rings is 1. The van der Waals surface area contributed by atoms with Crippen molar-refractivity contribution in [3.8, 4) is 0 Å². The lowest BCUT2D eigenvalue weighted by molar-refractivity contribution is 0.357. The maximum Gasteiger partial charge on any atom is 0.0408 e. The van der Waals surface area contributed by atoms with Gasteiger partial charge in [-0.1, -0.05) is 25.0 Å². The topological polar surface area (TPSA) is 12.0 Å². The van der Waals surface area contributed by atoms with Gasteiger partial charge in [0.1, 0.15) is 0 Å². The van der Waals surface area contributed by atoms with E-state index in [9.17, 15) is 0 Å². The molecule has 0 radical (unpaired) electrons. The van der Waals surface area contributed by atoms with E-state index < -0.39 is 0 Å². The van der Waals surface area contributed by atoms with Crippen LogP contribution in [0.4, 0.5) is 0 Å². The molecule has 1 fully saturated rings. The minimum absolute atomic E-state index is 0.180. The Kier molecular flexibility index (Phi) is 3.58. The maximum absolute atomic E-state index is 3.76. The summed E-state index contributed by atoms with van der Waals surface area (Å²) in [6, 6.07) is 4.73. The summed E-state index contributed by atoms with van der Waals surface area (Å²) in [5, 5.41) is 3.76. The van der Waals surface area contributed by atoms with Crippen molar-refractivity contribution >= 4 is 0 Å². The second kappa shape index (κ2) is 4.81. The van der Waals surface area contributed by atoms with Crippen molar-refractivity contribution in [3.63, 3.8) is 0 Å². The quantitative estimate of drug-likeness (QED) is 0.770. The van der Waals surface area contributed by atoms with Crippen LogP contribution in [0.15, 0.2) is 12.1 Å². The summed E-state index contributed by atoms with van der Waals surface area (Å²) in [5.74, 6) is 0. The number of hydrogen-bond donors (Lipinski definition) is 1. The van der Waals surface area contributed by atoms with Gasteiger partial charge in [0.25, 0.3) is 0 Å². The van der Waals surface area contributed by atoms with E-state index in [4.69, 9.17) is 0 Å². The van der Waals surface area contributed by atoms with E-state index >= 15 is 0 Å². The fourth-order valence-electron chi connectivity index (χ4n) is 3.02. The average molecular weight is 231 g/mol. The number of rotatable bonds is 1. The van der Waals surface area contributed by atoms with Gasteiger partial charge < -0.3 is 5.32 Å². The number of hydrogen-bond acceptors (Lipinski definition) is 1. The fraction of sp³-hybridized carbons (Fsp3) is 0.625. The molecule has 1 aromatic rings. The molecule has 1 N–H and O–H groups in total. The van der Waals surface area contributed by atoms with Crippen LogP contribution in [0.5, 0.6) is 0 Å². The molecule has 1 unspecified atom stereocenters. The first kappa shape index (κ1) is 12.6. The monoisotopic (exact) mass is 231 g/mol. The third-order valence-electron chi connectivity index (χ3n) is 4.30. The van der Waals surface area contributed by atoms with E-state index in [1.807, 2.05) is 0 Å². The summed E-state index contributed by atoms with van der Waals surface area (Å²) in [6.07, 6.45) is 5.29. The van der Waals surface area contributed by atoms with Crippen molar-refractivity contribution in [3.05, 3.63) is 34.4 Å². The molecule has 1 heteroatoms. The van der Waals surface area contributed by atoms with Gasteiger partial charge in [-0.2, -0.15) is 0 Å². The maximum atomic E-state index is 3.76. The Balaban J connectivity index is 2.40. The van der Waals surface area contributed by atoms with Crippen molar-refractivity contribution in [1.82, 2.24) is 5.32 Å². The van der Waals surface area contributed by atoms with Crippen LogP contribution in [0.2, 0.25) is 0 Å². The molecule has 0 amide bonds. The molecule has 1 heterocycles. The van der Waals surface area contributed by atoms with Crippen LogP contribution in [0.25, 0.3) is 0 Å². The highest BCUT2D eigenvalue weighted by Gasteiger charge is 2.28. The Bertz CT molecular complexity index is 398. The molecule has 17 heavy (non-hydrogen) atoms. The minimum Gasteiger partial charge on any atom is -0.308 e. The lowest BCUT2D eigenvalue weighted by atomic mass is 9.83. The molecule has 2 rings (SSSR count). The van der Waals surface area contributed by atoms with Crippen molar-refractivity contribution in [2.45, 2.75) is 58.9 Å². The first-order chi connectivity index (χ1) is 8.03. The van der Waals surface area contributed by atoms with Crippen molar-refractivity contribution in [2.75, 3.05) is 6.54 Å². The second-order valence-electron chi connectivity index (χ2n) is 5.82. The standard InChI is InChI=1S/C16H25N/c1-12-10-14(3)15(11-13(12)2)16(4)8-6-5-7-9-17-16/h10-11,17H,5-9H2,1-4H3. The second-order valence-corrected chi connectivity index (χ2v) is 5.82. The van der Waals surface area contributed by atoms with Gasteiger partial charge in [-0.15, -0.1) is 0 Å². The fourth-order valence-corrected chi connectivity index (χ4v) is 3.02. The van der Waals surface area contributed by atoms with Crippen LogP contribution in [-0.2, 0) is 5.54 Å². The SMILES string of the molecule is Cc1cc(C)c(C2(C)CCCCCN2)cc1C. The van der Waals surface area contributed by atoms with Crippen molar-refractivity contribution < 1.29 is 0 Å². The molecule has 1 saturated heterocycles. The highest BCUT2D eigenvalue weighted by atomic mass is 15.0. The van der Waals surface area contributed by atoms with E-state index in [0.29, 0.717) is 0 Å². The minimum atomic E-state index is 0.180. The van der Waals surface area contributed by atoms with Gasteiger partial charge >= 0.3 is 0 Å². The highest BCUT2D eigenvalue weighted by Crippen LogP contribution is 2.32. The highest BCUT2D eigenvalue weighted by molar-refractivity contribution is 5.40. The van der Waals surface area contributed by atoms with Crippen LogP contribution < -0.4 is 5.32 Å². The van der Waals surface area contributed by atoms with Crippen LogP contribution in [0, 0.1) is 20.8 Å². The molecular weight excluding hydrogens is 206 g/mol. The Morgan fingerprint density at radius 3 is 2.41 bits per heavy atom. The Morgan fingerprint density at radius 1 is 0.941 bits per heavy atom. The van der Waals surface area contributed by atoms with Crippen molar-refractivity contribution in [1.29, 1.82) is 0 Å². The first-order valence-electron chi connectivity index (χ1n) is 6.86. The molecular formula is C16H25N. The van der Waals surface area contributed by atoms with Gasteiger partial charge in [-0.3, -0.25) is 0 Å². The summed E-state index contributed by atoms with van der Waals surface area (Å²) < 4.78 is 0. The van der Waals surface area contributed by atoms with E-state index in [1.165, 1.54) is 47.9 Å². The molecule has 1 aromatic carbocycles. The largest absolute Gasteiger partial charge is 0.308 e. The van der Waals surface area contributed by atoms with E-state index in [0.717, 1.165) is 6.54 Å². The summed E-state index contributed by atoms with van der Waals surface area (Å²) in [6.45, 7) is 10.2. The zero-order valence-electron chi connectivity index (χ0n) is 11.7. The smallest absolute Gasteiger partial charge is 0.0408 e. The Morgan fingerprint density at radius 2 is 1.65 bits per heavy atom. The predicted molar refractivity (Wildman–Crippen MR) is 74.5 cm³/mol. The molecule has 1 aliphatic heterocycles. The summed E-state index contributed by atoms with van der Waals surface area (Å²) in [4.78, 5) is 0. The molecule has 0 saturated carbocycles. The summed E-state index contributed by atoms with van der Waals surface area (Å²) in [7, 11) is 0. The van der Waals surface area contributed by atoms with Gasteiger partial charge in [-0.05, 0) is 69.3 Å². The molecule has 0 bridgehead atoms. The number of nitrogens with one attached hydrogen (secondary N) is 1. The molecule has 1 atom stereocenters. The van der Waals surface area contributed by atoms with E-state index in [1.54, 1.807) is 0 Å². The molecule has 0 spiro atoms. The Hall–Kier alpha value is -0.820. The van der Waals surface area contributed by atoms with Gasteiger partial charge in [0.2, 0.25) is 0 Å². The Labute approximate surface area is 106 Å². The zero-order valence-corrected chi connectivity index (χ0v) is 11.7. The lowest BCUT2D eigenvalue weighted by Crippen LogP contribution is -2.39. The molecule has 0 aromatic heterocycles. The summed E-state index contributed by atoms with van der Waals surface area (Å²) in [5.41, 5.74) is 5.94. The number of aryl methyl sites for hydroxylation is 3. The normalized spacial score (nSPS) is 25.6. The molecule has 94 valence electrons. The van der Waals surface area contributed by atoms with Crippen LogP contribution in [0.1, 0.15) is 54.9 Å². The predicted octanol–water partition coefficient (Wildman–Crippen LogP) is 3.99. The van der Waals surface area contributed by atoms with E-state index in [2.05, 4.69) is 45.1 Å². The van der Waals surface area contributed by atoms with Crippen LogP contribution >= 0.6 is 0 Å². The molecule has 0 aliphatic carbocycles. The average Bonchev–Trinajstić information content (AvgIpc) is 2.49. The third-order valence-corrected chi connectivity index (χ3v) is 4.30. The van der Waals surface area contributed by atoms with Gasteiger partial charge in [-0.25, -0.2) is 0 Å². The van der Waals surface area contributed by atoms with Gasteiger partial charge in [0.05, 0.1) is 0 Å². The zero-order chi connectivity index (χ0) is 12.5. The summed E-state index contributed by atoms with van der Waals surface area (Å²) >= 11 is 0. The van der Waals surface area contributed by atoms with Crippen LogP contribution in [-0.4, -0.2) is 6.54 Å². The molecule has 1 nitrogen and oxygen atoms in total. The van der Waals surface area contributed by atoms with Gasteiger partial charge in [0, 0.05) is 5.54 Å². The van der Waals surface area contributed by atoms with E-state index in [-0.39, 0.29) is 5.54 Å². The lowest BCUT2D eigenvalue weighted by Gasteiger charge is -2.32. The first-order valence-corrected chi connectivity index (χ1v) is 6.86. The third kappa shape index (κ3) is 2.55. The van der Waals surface area contributed by atoms with Crippen molar-refractivity contribution in [2.24, 2.45) is 0 Å².